The monoisotopic (exact) mass is 141 g/mol. The van der Waals surface area contributed by atoms with Crippen molar-refractivity contribution in [2.24, 2.45) is 5.73 Å². The predicted octanol–water partition coefficient (Wildman–Crippen LogP) is 1.24. The molecule has 0 aromatic heterocycles. The highest BCUT2D eigenvalue weighted by Gasteiger charge is 2.28. The predicted molar refractivity (Wildman–Crippen MR) is 40.7 cm³/mol. The first kappa shape index (κ1) is 7.73. The molecule has 58 valence electrons. The molecule has 0 unspecified atom stereocenters. The summed E-state index contributed by atoms with van der Waals surface area (Å²) in [5.41, 5.74) is 5.95. The smallest absolute Gasteiger partial charge is 0.133 e. The normalized spacial score (nSPS) is 24.8. The zero-order chi connectivity index (χ0) is 7.61. The third-order valence-corrected chi connectivity index (χ3v) is 2.51. The van der Waals surface area contributed by atoms with Gasteiger partial charge in [0.25, 0.3) is 0 Å². The Bertz CT molecular complexity index is 132. The molecule has 0 spiro atoms. The molecule has 2 N–H and O–H groups in total. The van der Waals surface area contributed by atoms with Gasteiger partial charge in [-0.15, -0.1) is 0 Å². The lowest BCUT2D eigenvalue weighted by atomic mass is 9.80. The van der Waals surface area contributed by atoms with Gasteiger partial charge >= 0.3 is 0 Å². The van der Waals surface area contributed by atoms with Gasteiger partial charge in [0.05, 0.1) is 0 Å². The van der Waals surface area contributed by atoms with Crippen molar-refractivity contribution in [2.75, 3.05) is 0 Å². The van der Waals surface area contributed by atoms with Crippen LogP contribution >= 0.6 is 0 Å². The quantitative estimate of drug-likeness (QED) is 0.597. The fraction of sp³-hybridized carbons (Fsp3) is 0.875. The summed E-state index contributed by atoms with van der Waals surface area (Å²) in [4.78, 5) is 10.8. The minimum absolute atomic E-state index is 0.0199. The van der Waals surface area contributed by atoms with Crippen molar-refractivity contribution in [3.63, 3.8) is 0 Å². The molecule has 2 nitrogen and oxygen atoms in total. The van der Waals surface area contributed by atoms with Crippen molar-refractivity contribution in [3.8, 4) is 0 Å². The molecular formula is C8H15NO. The molecule has 0 amide bonds. The van der Waals surface area contributed by atoms with E-state index in [1.165, 1.54) is 0 Å². The van der Waals surface area contributed by atoms with Crippen LogP contribution in [0.3, 0.4) is 0 Å². The largest absolute Gasteiger partial charge is 0.325 e. The van der Waals surface area contributed by atoms with Gasteiger partial charge < -0.3 is 5.73 Å². The van der Waals surface area contributed by atoms with Crippen LogP contribution in [0.15, 0.2) is 0 Å². The van der Waals surface area contributed by atoms with E-state index in [0.717, 1.165) is 19.3 Å². The van der Waals surface area contributed by atoms with Gasteiger partial charge in [0.15, 0.2) is 0 Å². The van der Waals surface area contributed by atoms with E-state index in [0.29, 0.717) is 18.6 Å². The second kappa shape index (κ2) is 2.70. The summed E-state index contributed by atoms with van der Waals surface area (Å²) >= 11 is 0. The molecule has 0 aliphatic heterocycles. The summed E-state index contributed by atoms with van der Waals surface area (Å²) in [6.07, 6.45) is 4.18. The van der Waals surface area contributed by atoms with Crippen molar-refractivity contribution in [1.29, 1.82) is 0 Å². The number of hydrogen-bond donors (Lipinski definition) is 1. The zero-order valence-electron chi connectivity index (χ0n) is 6.52. The molecule has 1 aliphatic rings. The Morgan fingerprint density at radius 2 is 2.00 bits per heavy atom. The molecule has 1 fully saturated rings. The number of carbonyl (C=O) groups excluding carboxylic acids is 1. The summed E-state index contributed by atoms with van der Waals surface area (Å²) in [5, 5.41) is 0. The van der Waals surface area contributed by atoms with Crippen LogP contribution < -0.4 is 5.73 Å². The first-order chi connectivity index (χ1) is 4.66. The summed E-state index contributed by atoms with van der Waals surface area (Å²) in [6.45, 7) is 2.09. The highest BCUT2D eigenvalue weighted by atomic mass is 16.1. The Labute approximate surface area is 61.8 Å². The average Bonchev–Trinajstić information content (AvgIpc) is 1.96. The van der Waals surface area contributed by atoms with E-state index in [-0.39, 0.29) is 5.54 Å². The van der Waals surface area contributed by atoms with Crippen LogP contribution in [-0.4, -0.2) is 11.3 Å². The summed E-state index contributed by atoms with van der Waals surface area (Å²) < 4.78 is 0. The molecule has 2 heteroatoms. The fourth-order valence-electron chi connectivity index (χ4n) is 1.38. The summed E-state index contributed by atoms with van der Waals surface area (Å²) in [5.74, 6) is 0.384. The standard InChI is InChI=1S/C8H15NO/c1-2-8(9)5-3-7(10)4-6-8/h2-6,9H2,1H3. The van der Waals surface area contributed by atoms with Gasteiger partial charge in [0.2, 0.25) is 0 Å². The molecule has 1 aliphatic carbocycles. The lowest BCUT2D eigenvalue weighted by Crippen LogP contribution is -2.42. The van der Waals surface area contributed by atoms with Crippen LogP contribution in [-0.2, 0) is 4.79 Å². The van der Waals surface area contributed by atoms with Crippen LogP contribution in [0.1, 0.15) is 39.0 Å². The molecule has 10 heavy (non-hydrogen) atoms. The van der Waals surface area contributed by atoms with Crippen molar-refractivity contribution in [1.82, 2.24) is 0 Å². The Morgan fingerprint density at radius 1 is 1.50 bits per heavy atom. The zero-order valence-corrected chi connectivity index (χ0v) is 6.52. The highest BCUT2D eigenvalue weighted by Crippen LogP contribution is 2.26. The number of carbonyl (C=O) groups is 1. The van der Waals surface area contributed by atoms with Crippen LogP contribution in [0, 0.1) is 0 Å². The molecule has 0 saturated heterocycles. The lowest BCUT2D eigenvalue weighted by molar-refractivity contribution is -0.121. The SMILES string of the molecule is CCC1(N)CCC(=O)CC1. The average molecular weight is 141 g/mol. The summed E-state index contributed by atoms with van der Waals surface area (Å²) in [6, 6.07) is 0. The molecule has 0 aromatic carbocycles. The number of hydrogen-bond acceptors (Lipinski definition) is 2. The third-order valence-electron chi connectivity index (χ3n) is 2.51. The number of ketones is 1. The second-order valence-electron chi connectivity index (χ2n) is 3.25. The van der Waals surface area contributed by atoms with Crippen LogP contribution in [0.25, 0.3) is 0 Å². The molecule has 0 radical (unpaired) electrons. The fourth-order valence-corrected chi connectivity index (χ4v) is 1.38. The van der Waals surface area contributed by atoms with E-state index < -0.39 is 0 Å². The maximum Gasteiger partial charge on any atom is 0.133 e. The summed E-state index contributed by atoms with van der Waals surface area (Å²) in [7, 11) is 0. The third kappa shape index (κ3) is 1.57. The molecule has 0 atom stereocenters. The maximum absolute atomic E-state index is 10.8. The Balaban J connectivity index is 2.46. The van der Waals surface area contributed by atoms with Gasteiger partial charge in [-0.1, -0.05) is 6.92 Å². The van der Waals surface area contributed by atoms with Crippen molar-refractivity contribution < 1.29 is 4.79 Å². The number of nitrogens with two attached hydrogens (primary N) is 1. The lowest BCUT2D eigenvalue weighted by Gasteiger charge is -2.31. The minimum atomic E-state index is -0.0199. The van der Waals surface area contributed by atoms with Gasteiger partial charge in [-0.05, 0) is 19.3 Å². The van der Waals surface area contributed by atoms with Crippen LogP contribution in [0.4, 0.5) is 0 Å². The van der Waals surface area contributed by atoms with E-state index in [1.807, 2.05) is 0 Å². The van der Waals surface area contributed by atoms with Gasteiger partial charge in [-0.25, -0.2) is 0 Å². The van der Waals surface area contributed by atoms with E-state index in [2.05, 4.69) is 6.92 Å². The number of rotatable bonds is 1. The van der Waals surface area contributed by atoms with E-state index in [1.54, 1.807) is 0 Å². The van der Waals surface area contributed by atoms with Crippen molar-refractivity contribution >= 4 is 5.78 Å². The van der Waals surface area contributed by atoms with Crippen molar-refractivity contribution in [3.05, 3.63) is 0 Å². The first-order valence-corrected chi connectivity index (χ1v) is 3.97. The van der Waals surface area contributed by atoms with Crippen molar-refractivity contribution in [2.45, 2.75) is 44.6 Å². The topological polar surface area (TPSA) is 43.1 Å². The van der Waals surface area contributed by atoms with Gasteiger partial charge in [-0.2, -0.15) is 0 Å². The van der Waals surface area contributed by atoms with Gasteiger partial charge in [0.1, 0.15) is 5.78 Å². The van der Waals surface area contributed by atoms with Gasteiger partial charge in [-0.3, -0.25) is 4.79 Å². The molecule has 1 rings (SSSR count). The Kier molecular flexibility index (Phi) is 2.09. The molecule has 1 saturated carbocycles. The van der Waals surface area contributed by atoms with E-state index in [4.69, 9.17) is 5.73 Å². The Hall–Kier alpha value is -0.370. The molecule has 0 heterocycles. The van der Waals surface area contributed by atoms with Crippen LogP contribution in [0.5, 0.6) is 0 Å². The maximum atomic E-state index is 10.8. The first-order valence-electron chi connectivity index (χ1n) is 3.97. The van der Waals surface area contributed by atoms with E-state index >= 15 is 0 Å². The van der Waals surface area contributed by atoms with E-state index in [9.17, 15) is 4.79 Å². The second-order valence-corrected chi connectivity index (χ2v) is 3.25. The molecule has 0 aromatic rings. The minimum Gasteiger partial charge on any atom is -0.325 e. The van der Waals surface area contributed by atoms with Crippen LogP contribution in [0.2, 0.25) is 0 Å². The number of Topliss-reactive ketones (excluding diaryl/α,β-unsaturated/α-hetero) is 1. The Morgan fingerprint density at radius 3 is 2.40 bits per heavy atom. The molecular weight excluding hydrogens is 126 g/mol. The van der Waals surface area contributed by atoms with Gasteiger partial charge in [0, 0.05) is 18.4 Å². The molecule has 0 bridgehead atoms. The highest BCUT2D eigenvalue weighted by molar-refractivity contribution is 5.79.